The fourth-order valence-corrected chi connectivity index (χ4v) is 6.06. The molecule has 0 saturated carbocycles. The Morgan fingerprint density at radius 1 is 1.22 bits per heavy atom. The van der Waals surface area contributed by atoms with Crippen LogP contribution in [0.25, 0.3) is 11.3 Å². The number of anilines is 2. The van der Waals surface area contributed by atoms with Crippen molar-refractivity contribution in [1.82, 2.24) is 9.97 Å². The molecule has 0 aliphatic carbocycles. The van der Waals surface area contributed by atoms with Gasteiger partial charge in [-0.1, -0.05) is 13.3 Å². The van der Waals surface area contributed by atoms with Crippen molar-refractivity contribution >= 4 is 21.4 Å². The zero-order valence-corrected chi connectivity index (χ0v) is 22.3. The Morgan fingerprint density at radius 3 is 2.78 bits per heavy atom. The second-order valence-corrected chi connectivity index (χ2v) is 11.9. The third kappa shape index (κ3) is 7.15. The van der Waals surface area contributed by atoms with Gasteiger partial charge in [-0.2, -0.15) is 0 Å². The minimum Gasteiger partial charge on any atom is -0.493 e. The molecule has 2 heterocycles. The number of aromatic nitrogens is 2. The fraction of sp³-hybridized carbons (Fsp3) is 0.407. The maximum Gasteiger partial charge on any atom is 0.227 e. The van der Waals surface area contributed by atoms with Gasteiger partial charge in [0.2, 0.25) is 5.95 Å². The van der Waals surface area contributed by atoms with Crippen LogP contribution in [0.15, 0.2) is 47.0 Å². The molecule has 1 aliphatic rings. The Kier molecular flexibility index (Phi) is 8.26. The van der Waals surface area contributed by atoms with Gasteiger partial charge < -0.3 is 14.8 Å². The number of halogens is 2. The number of rotatable bonds is 5. The van der Waals surface area contributed by atoms with E-state index in [1.165, 1.54) is 18.2 Å². The Labute approximate surface area is 216 Å². The van der Waals surface area contributed by atoms with Gasteiger partial charge in [-0.3, -0.25) is 0 Å². The number of hydrogen-bond donors (Lipinski definition) is 1. The van der Waals surface area contributed by atoms with Crippen LogP contribution in [0.2, 0.25) is 0 Å². The smallest absolute Gasteiger partial charge is 0.227 e. The van der Waals surface area contributed by atoms with Crippen LogP contribution in [0.3, 0.4) is 0 Å². The molecule has 1 aliphatic heterocycles. The van der Waals surface area contributed by atoms with E-state index in [1.54, 1.807) is 6.26 Å². The monoisotopic (exact) mass is 530 g/mol. The summed E-state index contributed by atoms with van der Waals surface area (Å²) in [5.41, 5.74) is 1.70. The zero-order valence-electron chi connectivity index (χ0n) is 21.5. The molecular formula is C27H32F2N4O3S. The van der Waals surface area contributed by atoms with Crippen LogP contribution in [0.4, 0.5) is 20.4 Å². The molecule has 4 rings (SSSR count). The lowest BCUT2D eigenvalue weighted by molar-refractivity contribution is 0.152. The van der Waals surface area contributed by atoms with Gasteiger partial charge in [0.25, 0.3) is 0 Å². The summed E-state index contributed by atoms with van der Waals surface area (Å²) in [6, 6.07) is 9.36. The van der Waals surface area contributed by atoms with E-state index >= 15 is 0 Å². The predicted octanol–water partition coefficient (Wildman–Crippen LogP) is 6.50. The Balaban J connectivity index is 1.81. The lowest BCUT2D eigenvalue weighted by atomic mass is 10.1. The number of nitrogens with zero attached hydrogens (tertiary/aromatic N) is 3. The predicted molar refractivity (Wildman–Crippen MR) is 142 cm³/mol. The second kappa shape index (κ2) is 11.4. The molecule has 4 bridgehead atoms. The van der Waals surface area contributed by atoms with Crippen LogP contribution in [0.1, 0.15) is 45.6 Å². The fourth-order valence-electron chi connectivity index (χ4n) is 4.31. The van der Waals surface area contributed by atoms with E-state index in [1.807, 2.05) is 32.0 Å². The van der Waals surface area contributed by atoms with Gasteiger partial charge in [-0.15, -0.1) is 0 Å². The molecule has 3 aromatic rings. The zero-order chi connectivity index (χ0) is 26.6. The third-order valence-corrected chi connectivity index (χ3v) is 7.38. The summed E-state index contributed by atoms with van der Waals surface area (Å²) in [7, 11) is -2.47. The molecule has 198 valence electrons. The topological polar surface area (TPSA) is 85.7 Å². The first-order chi connectivity index (χ1) is 17.6. The summed E-state index contributed by atoms with van der Waals surface area (Å²) in [4.78, 5) is 8.44. The first kappa shape index (κ1) is 26.8. The van der Waals surface area contributed by atoms with Gasteiger partial charge >= 0.3 is 0 Å². The van der Waals surface area contributed by atoms with Crippen LogP contribution in [0, 0.1) is 11.6 Å². The molecule has 37 heavy (non-hydrogen) atoms. The molecule has 0 amide bonds. The number of benzene rings is 2. The molecule has 1 aromatic heterocycles. The SMILES string of the molecule is CCCC1CCOc2cc(F)ccc2-c2nc(ncc2F)Nc2cc(CS(C)(=O)=NC(C)C)cc(c2)O1. The summed E-state index contributed by atoms with van der Waals surface area (Å²) in [5, 5.41) is 3.11. The average molecular weight is 531 g/mol. The van der Waals surface area contributed by atoms with Crippen LogP contribution in [-0.2, 0) is 15.5 Å². The highest BCUT2D eigenvalue weighted by atomic mass is 32.2. The highest BCUT2D eigenvalue weighted by Crippen LogP contribution is 2.33. The lowest BCUT2D eigenvalue weighted by Gasteiger charge is -2.21. The summed E-state index contributed by atoms with van der Waals surface area (Å²) in [5.74, 6) is 0.0194. The Hall–Kier alpha value is -3.27. The van der Waals surface area contributed by atoms with Gasteiger partial charge in [0, 0.05) is 45.8 Å². The van der Waals surface area contributed by atoms with Crippen LogP contribution >= 0.6 is 0 Å². The minimum absolute atomic E-state index is 0.00499. The van der Waals surface area contributed by atoms with E-state index < -0.39 is 21.4 Å². The molecule has 2 unspecified atom stereocenters. The van der Waals surface area contributed by atoms with Gasteiger partial charge in [0.05, 0.1) is 24.6 Å². The largest absolute Gasteiger partial charge is 0.493 e. The summed E-state index contributed by atoms with van der Waals surface area (Å²) in [6.45, 7) is 6.09. The first-order valence-corrected chi connectivity index (χ1v) is 14.4. The number of fused-ring (bicyclic) bond motifs is 6. The van der Waals surface area contributed by atoms with Gasteiger partial charge in [0.15, 0.2) is 5.82 Å². The van der Waals surface area contributed by atoms with Crippen LogP contribution in [0.5, 0.6) is 11.5 Å². The number of ether oxygens (including phenoxy) is 2. The Morgan fingerprint density at radius 2 is 2.03 bits per heavy atom. The molecule has 7 nitrogen and oxygen atoms in total. The Bertz CT molecular complexity index is 1390. The quantitative estimate of drug-likeness (QED) is 0.405. The van der Waals surface area contributed by atoms with Crippen molar-refractivity contribution in [2.24, 2.45) is 4.36 Å². The summed E-state index contributed by atoms with van der Waals surface area (Å²) >= 11 is 0. The van der Waals surface area contributed by atoms with E-state index in [2.05, 4.69) is 26.6 Å². The molecular weight excluding hydrogens is 498 g/mol. The van der Waals surface area contributed by atoms with Crippen molar-refractivity contribution in [3.63, 3.8) is 0 Å². The number of nitrogens with one attached hydrogen (secondary N) is 1. The average Bonchev–Trinajstić information content (AvgIpc) is 2.79. The number of hydrogen-bond acceptors (Lipinski definition) is 7. The maximum absolute atomic E-state index is 14.8. The molecule has 2 aromatic carbocycles. The molecule has 0 saturated heterocycles. The highest BCUT2D eigenvalue weighted by molar-refractivity contribution is 7.92. The summed E-state index contributed by atoms with van der Waals surface area (Å²) < 4.78 is 58.6. The first-order valence-electron chi connectivity index (χ1n) is 12.3. The molecule has 2 atom stereocenters. The van der Waals surface area contributed by atoms with Crippen molar-refractivity contribution in [1.29, 1.82) is 0 Å². The van der Waals surface area contributed by atoms with E-state index in [9.17, 15) is 13.0 Å². The van der Waals surface area contributed by atoms with Gasteiger partial charge in [-0.05, 0) is 50.1 Å². The van der Waals surface area contributed by atoms with E-state index in [4.69, 9.17) is 9.47 Å². The molecule has 0 fully saturated rings. The van der Waals surface area contributed by atoms with Crippen LogP contribution in [-0.4, -0.2) is 39.2 Å². The van der Waals surface area contributed by atoms with Crippen molar-refractivity contribution in [2.45, 2.75) is 57.9 Å². The molecule has 0 spiro atoms. The second-order valence-electron chi connectivity index (χ2n) is 9.49. The molecule has 1 N–H and O–H groups in total. The van der Waals surface area contributed by atoms with Crippen molar-refractivity contribution in [2.75, 3.05) is 18.2 Å². The van der Waals surface area contributed by atoms with Crippen LogP contribution < -0.4 is 14.8 Å². The normalized spacial score (nSPS) is 16.9. The molecule has 0 radical (unpaired) electrons. The third-order valence-electron chi connectivity index (χ3n) is 5.64. The minimum atomic E-state index is -2.47. The maximum atomic E-state index is 14.8. The van der Waals surface area contributed by atoms with E-state index in [0.717, 1.165) is 24.6 Å². The lowest BCUT2D eigenvalue weighted by Crippen LogP contribution is -2.20. The summed E-state index contributed by atoms with van der Waals surface area (Å²) in [6.07, 6.45) is 4.72. The van der Waals surface area contributed by atoms with Gasteiger partial charge in [-0.25, -0.2) is 27.3 Å². The standard InChI is InChI=1S/C27H32F2N4O3S/c1-5-6-21-9-10-35-25-13-19(28)7-8-23(25)26-24(29)15-30-27(32-26)31-20-11-18(12-22(14-20)36-21)16-37(4,34)33-17(2)3/h7-8,11-15,17,21H,5-6,9-10,16H2,1-4H3,(H,30,31,32). The van der Waals surface area contributed by atoms with E-state index in [0.29, 0.717) is 23.4 Å². The van der Waals surface area contributed by atoms with Crippen molar-refractivity contribution < 1.29 is 22.5 Å². The highest BCUT2D eigenvalue weighted by Gasteiger charge is 2.19. The van der Waals surface area contributed by atoms with Gasteiger partial charge in [0.1, 0.15) is 29.1 Å². The van der Waals surface area contributed by atoms with E-state index in [-0.39, 0.29) is 41.9 Å². The van der Waals surface area contributed by atoms with Crippen molar-refractivity contribution in [3.05, 3.63) is 59.8 Å². The molecule has 10 heteroatoms. The van der Waals surface area contributed by atoms with Crippen molar-refractivity contribution in [3.8, 4) is 22.8 Å².